The number of carbonyl (C=O) groups is 1. The number of hydrogen-bond acceptors (Lipinski definition) is 5. The Morgan fingerprint density at radius 2 is 1.87 bits per heavy atom. The fraction of sp³-hybridized carbons (Fsp3) is 0.381. The molecule has 31 heavy (non-hydrogen) atoms. The van der Waals surface area contributed by atoms with Crippen LogP contribution in [-0.4, -0.2) is 27.4 Å². The quantitative estimate of drug-likeness (QED) is 0.537. The average Bonchev–Trinajstić information content (AvgIpc) is 2.94. The van der Waals surface area contributed by atoms with E-state index in [1.54, 1.807) is 0 Å². The Hall–Kier alpha value is -3.14. The van der Waals surface area contributed by atoms with Crippen LogP contribution in [0.2, 0.25) is 0 Å². The van der Waals surface area contributed by atoms with E-state index in [4.69, 9.17) is 14.4 Å². The molecule has 0 fully saturated rings. The first kappa shape index (κ1) is 22.5. The molecule has 0 saturated carbocycles. The first-order chi connectivity index (χ1) is 14.8. The van der Waals surface area contributed by atoms with E-state index >= 15 is 0 Å². The summed E-state index contributed by atoms with van der Waals surface area (Å²) in [5.74, 6) is -1.71. The number of benzene rings is 1. The van der Waals surface area contributed by atoms with Gasteiger partial charge in [0.05, 0.1) is 0 Å². The van der Waals surface area contributed by atoms with Crippen molar-refractivity contribution in [3.8, 4) is 0 Å². The second-order valence-corrected chi connectivity index (χ2v) is 7.21. The summed E-state index contributed by atoms with van der Waals surface area (Å²) >= 11 is 0. The molecule has 0 aliphatic heterocycles. The molecule has 3 aromatic rings. The number of alkyl halides is 3. The molecule has 0 unspecified atom stereocenters. The number of aromatic amines is 1. The standard InChI is InChI=1S/C19H21N3O2.C2HF3O2/c23-19-14(10-13-6-4-5-8-16(13)21-19)11-20-12-17-15-7-2-1-3-9-18(15)24-22-17;3-2(4,5)1(6)7/h4-6,8,10,20H,1-3,7,9,11-12H2,(H,21,23);(H,6,7). The Balaban J connectivity index is 0.000000339. The number of fused-ring (bicyclic) bond motifs is 2. The van der Waals surface area contributed by atoms with E-state index in [-0.39, 0.29) is 5.56 Å². The van der Waals surface area contributed by atoms with Gasteiger partial charge < -0.3 is 19.9 Å². The molecule has 0 saturated heterocycles. The number of carboxylic acids is 1. The van der Waals surface area contributed by atoms with Gasteiger partial charge in [-0.1, -0.05) is 29.8 Å². The van der Waals surface area contributed by atoms with Crippen molar-refractivity contribution < 1.29 is 27.6 Å². The fourth-order valence-electron chi connectivity index (χ4n) is 3.40. The molecule has 10 heteroatoms. The molecule has 0 atom stereocenters. The van der Waals surface area contributed by atoms with Crippen LogP contribution in [0.15, 0.2) is 39.6 Å². The number of aliphatic carboxylic acids is 1. The van der Waals surface area contributed by atoms with Crippen molar-refractivity contribution in [1.29, 1.82) is 0 Å². The third kappa shape index (κ3) is 5.94. The highest BCUT2D eigenvalue weighted by molar-refractivity contribution is 5.78. The van der Waals surface area contributed by atoms with Crippen LogP contribution >= 0.6 is 0 Å². The average molecular weight is 437 g/mol. The van der Waals surface area contributed by atoms with E-state index in [0.717, 1.165) is 40.8 Å². The Labute approximate surface area is 175 Å². The van der Waals surface area contributed by atoms with Crippen LogP contribution in [0.3, 0.4) is 0 Å². The van der Waals surface area contributed by atoms with Crippen LogP contribution in [-0.2, 0) is 30.7 Å². The minimum Gasteiger partial charge on any atom is -0.475 e. The fourth-order valence-corrected chi connectivity index (χ4v) is 3.40. The van der Waals surface area contributed by atoms with Crippen molar-refractivity contribution in [2.24, 2.45) is 0 Å². The van der Waals surface area contributed by atoms with Gasteiger partial charge in [0, 0.05) is 36.2 Å². The lowest BCUT2D eigenvalue weighted by Crippen LogP contribution is -2.21. The van der Waals surface area contributed by atoms with E-state index in [0.29, 0.717) is 13.1 Å². The zero-order valence-corrected chi connectivity index (χ0v) is 16.6. The molecule has 3 N–H and O–H groups in total. The third-order valence-electron chi connectivity index (χ3n) is 4.96. The minimum absolute atomic E-state index is 0.0415. The maximum absolute atomic E-state index is 12.2. The highest BCUT2D eigenvalue weighted by Gasteiger charge is 2.38. The summed E-state index contributed by atoms with van der Waals surface area (Å²) in [4.78, 5) is 24.0. The number of aromatic nitrogens is 2. The Morgan fingerprint density at radius 3 is 2.61 bits per heavy atom. The van der Waals surface area contributed by atoms with Crippen molar-refractivity contribution in [2.45, 2.75) is 51.4 Å². The maximum atomic E-state index is 12.2. The molecule has 1 aliphatic rings. The van der Waals surface area contributed by atoms with Gasteiger partial charge in [-0.15, -0.1) is 0 Å². The number of nitrogens with one attached hydrogen (secondary N) is 2. The Morgan fingerprint density at radius 1 is 1.16 bits per heavy atom. The largest absolute Gasteiger partial charge is 0.490 e. The van der Waals surface area contributed by atoms with Crippen LogP contribution in [0.5, 0.6) is 0 Å². The lowest BCUT2D eigenvalue weighted by molar-refractivity contribution is -0.192. The van der Waals surface area contributed by atoms with Gasteiger partial charge in [0.2, 0.25) is 0 Å². The van der Waals surface area contributed by atoms with Crippen LogP contribution in [0.4, 0.5) is 13.2 Å². The molecule has 2 aromatic heterocycles. The van der Waals surface area contributed by atoms with Gasteiger partial charge in [-0.2, -0.15) is 13.2 Å². The molecular weight excluding hydrogens is 415 g/mol. The van der Waals surface area contributed by atoms with Crippen LogP contribution in [0, 0.1) is 0 Å². The number of halogens is 3. The third-order valence-corrected chi connectivity index (χ3v) is 4.96. The monoisotopic (exact) mass is 437 g/mol. The van der Waals surface area contributed by atoms with Crippen molar-refractivity contribution >= 4 is 16.9 Å². The maximum Gasteiger partial charge on any atom is 0.490 e. The molecule has 2 heterocycles. The first-order valence-corrected chi connectivity index (χ1v) is 9.84. The second-order valence-electron chi connectivity index (χ2n) is 7.21. The molecule has 0 spiro atoms. The van der Waals surface area contributed by atoms with E-state index in [1.165, 1.54) is 24.8 Å². The van der Waals surface area contributed by atoms with Crippen molar-refractivity contribution in [2.75, 3.05) is 0 Å². The number of hydrogen-bond donors (Lipinski definition) is 3. The highest BCUT2D eigenvalue weighted by Crippen LogP contribution is 2.23. The van der Waals surface area contributed by atoms with E-state index < -0.39 is 12.1 Å². The Bertz CT molecular complexity index is 1110. The Kier molecular flexibility index (Phi) is 7.11. The second kappa shape index (κ2) is 9.78. The van der Waals surface area contributed by atoms with Crippen molar-refractivity contribution in [3.63, 3.8) is 0 Å². The summed E-state index contributed by atoms with van der Waals surface area (Å²) in [7, 11) is 0. The number of H-pyrrole nitrogens is 1. The molecule has 4 rings (SSSR count). The van der Waals surface area contributed by atoms with Gasteiger partial charge in [-0.3, -0.25) is 4.79 Å². The summed E-state index contributed by atoms with van der Waals surface area (Å²) in [5, 5.41) is 15.7. The zero-order chi connectivity index (χ0) is 22.4. The number of rotatable bonds is 4. The van der Waals surface area contributed by atoms with E-state index in [1.807, 2.05) is 30.3 Å². The topological polar surface area (TPSA) is 108 Å². The SMILES string of the molecule is O=C(O)C(F)(F)F.O=c1[nH]c2ccccc2cc1CNCc1noc2c1CCCCC2. The normalized spacial score (nSPS) is 13.8. The van der Waals surface area contributed by atoms with Gasteiger partial charge in [0.25, 0.3) is 5.56 Å². The van der Waals surface area contributed by atoms with E-state index in [9.17, 15) is 18.0 Å². The lowest BCUT2D eigenvalue weighted by atomic mass is 10.1. The molecule has 7 nitrogen and oxygen atoms in total. The molecule has 0 amide bonds. The van der Waals surface area contributed by atoms with Crippen LogP contribution < -0.4 is 10.9 Å². The molecule has 1 aliphatic carbocycles. The number of pyridine rings is 1. The van der Waals surface area contributed by atoms with Crippen molar-refractivity contribution in [1.82, 2.24) is 15.5 Å². The van der Waals surface area contributed by atoms with E-state index in [2.05, 4.69) is 15.5 Å². The summed E-state index contributed by atoms with van der Waals surface area (Å²) in [6.45, 7) is 1.15. The molecule has 0 radical (unpaired) electrons. The van der Waals surface area contributed by atoms with Gasteiger partial charge >= 0.3 is 12.1 Å². The van der Waals surface area contributed by atoms with Crippen LogP contribution in [0.1, 0.15) is 41.8 Å². The molecular formula is C21H22F3N3O4. The van der Waals surface area contributed by atoms with Gasteiger partial charge in [-0.25, -0.2) is 4.79 Å². The predicted molar refractivity (Wildman–Crippen MR) is 107 cm³/mol. The summed E-state index contributed by atoms with van der Waals surface area (Å²) < 4.78 is 37.2. The van der Waals surface area contributed by atoms with Gasteiger partial charge in [-0.05, 0) is 36.8 Å². The minimum atomic E-state index is -5.08. The number of aryl methyl sites for hydroxylation is 1. The zero-order valence-electron chi connectivity index (χ0n) is 16.6. The molecule has 1 aromatic carbocycles. The molecule has 166 valence electrons. The van der Waals surface area contributed by atoms with Crippen molar-refractivity contribution in [3.05, 3.63) is 63.3 Å². The van der Waals surface area contributed by atoms with Gasteiger partial charge in [0.15, 0.2) is 0 Å². The lowest BCUT2D eigenvalue weighted by Gasteiger charge is -2.05. The number of carboxylic acid groups (broad SMARTS) is 1. The summed E-state index contributed by atoms with van der Waals surface area (Å²) in [5.41, 5.74) is 3.83. The number of para-hydroxylation sites is 1. The summed E-state index contributed by atoms with van der Waals surface area (Å²) in [6.07, 6.45) is 0.593. The smallest absolute Gasteiger partial charge is 0.475 e. The molecule has 0 bridgehead atoms. The predicted octanol–water partition coefficient (Wildman–Crippen LogP) is 3.71. The first-order valence-electron chi connectivity index (χ1n) is 9.84. The summed E-state index contributed by atoms with van der Waals surface area (Å²) in [6, 6.07) is 9.77. The van der Waals surface area contributed by atoms with Crippen LogP contribution in [0.25, 0.3) is 10.9 Å². The number of nitrogens with zero attached hydrogens (tertiary/aromatic N) is 1. The highest BCUT2D eigenvalue weighted by atomic mass is 19.4. The van der Waals surface area contributed by atoms with Gasteiger partial charge in [0.1, 0.15) is 11.5 Å².